The second-order valence-corrected chi connectivity index (χ2v) is 7.26. The summed E-state index contributed by atoms with van der Waals surface area (Å²) in [6.07, 6.45) is 3.71. The van der Waals surface area contributed by atoms with E-state index in [1.807, 2.05) is 0 Å². The van der Waals surface area contributed by atoms with Gasteiger partial charge in [0.25, 0.3) is 0 Å². The van der Waals surface area contributed by atoms with Crippen LogP contribution in [0, 0.1) is 17.6 Å². The van der Waals surface area contributed by atoms with Crippen LogP contribution in [0.1, 0.15) is 19.3 Å². The lowest BCUT2D eigenvalue weighted by molar-refractivity contribution is -0.127. The second kappa shape index (κ2) is 6.60. The molecule has 0 spiro atoms. The summed E-state index contributed by atoms with van der Waals surface area (Å²) in [5.41, 5.74) is 0.0271. The minimum Gasteiger partial charge on any atom is -0.354 e. The van der Waals surface area contributed by atoms with Crippen molar-refractivity contribution >= 4 is 21.6 Å². The van der Waals surface area contributed by atoms with Crippen LogP contribution in [0.5, 0.6) is 0 Å². The summed E-state index contributed by atoms with van der Waals surface area (Å²) in [5.74, 6) is -2.25. The van der Waals surface area contributed by atoms with E-state index in [0.717, 1.165) is 42.0 Å². The maximum Gasteiger partial charge on any atom is 0.232 e. The van der Waals surface area contributed by atoms with Gasteiger partial charge in [-0.3, -0.25) is 9.10 Å². The Bertz CT molecular complexity index is 660. The summed E-state index contributed by atoms with van der Waals surface area (Å²) in [4.78, 5) is 11.7. The highest BCUT2D eigenvalue weighted by molar-refractivity contribution is 7.92. The molecule has 0 unspecified atom stereocenters. The first-order valence-corrected chi connectivity index (χ1v) is 8.84. The summed E-state index contributed by atoms with van der Waals surface area (Å²) in [6.45, 7) is 0.0732. The quantitative estimate of drug-likeness (QED) is 0.861. The van der Waals surface area contributed by atoms with Crippen LogP contribution in [0.2, 0.25) is 0 Å². The van der Waals surface area contributed by atoms with Gasteiger partial charge in [0.1, 0.15) is 0 Å². The number of hydrogen-bond acceptors (Lipinski definition) is 3. The van der Waals surface area contributed by atoms with E-state index in [2.05, 4.69) is 5.32 Å². The predicted octanol–water partition coefficient (Wildman–Crippen LogP) is 1.65. The Morgan fingerprint density at radius 2 is 2.00 bits per heavy atom. The third-order valence-corrected chi connectivity index (χ3v) is 4.88. The highest BCUT2D eigenvalue weighted by Gasteiger charge is 2.25. The third kappa shape index (κ3) is 3.94. The summed E-state index contributed by atoms with van der Waals surface area (Å²) in [5, 5.41) is 2.67. The highest BCUT2D eigenvalue weighted by Crippen LogP contribution is 2.26. The molecular formula is C14H18F2N2O3S. The number of anilines is 1. The minimum absolute atomic E-state index is 0.00921. The molecule has 0 atom stereocenters. The van der Waals surface area contributed by atoms with Gasteiger partial charge in [-0.15, -0.1) is 0 Å². The van der Waals surface area contributed by atoms with E-state index in [0.29, 0.717) is 0 Å². The fraction of sp³-hybridized carbons (Fsp3) is 0.500. The van der Waals surface area contributed by atoms with Gasteiger partial charge in [-0.2, -0.15) is 0 Å². The standard InChI is InChI=1S/C14H18F2N2O3S/c1-22(20,21)18(11-5-6-12(15)13(16)9-11)8-7-17-14(19)10-3-2-4-10/h5-6,9-10H,2-4,7-8H2,1H3,(H,17,19). The molecule has 8 heteroatoms. The first-order chi connectivity index (χ1) is 10.3. The van der Waals surface area contributed by atoms with Crippen LogP contribution >= 0.6 is 0 Å². The van der Waals surface area contributed by atoms with E-state index in [4.69, 9.17) is 0 Å². The van der Waals surface area contributed by atoms with Gasteiger partial charge in [-0.1, -0.05) is 6.42 Å². The molecular weight excluding hydrogens is 314 g/mol. The number of sulfonamides is 1. The summed E-state index contributed by atoms with van der Waals surface area (Å²) >= 11 is 0. The van der Waals surface area contributed by atoms with E-state index in [9.17, 15) is 22.0 Å². The maximum atomic E-state index is 13.3. The Kier molecular flexibility index (Phi) is 5.00. The Hall–Kier alpha value is -1.70. The molecule has 122 valence electrons. The number of amides is 1. The Labute approximate surface area is 128 Å². The van der Waals surface area contributed by atoms with Crippen molar-refractivity contribution in [2.45, 2.75) is 19.3 Å². The average Bonchev–Trinajstić information content (AvgIpc) is 2.34. The lowest BCUT2D eigenvalue weighted by Crippen LogP contribution is -2.41. The average molecular weight is 332 g/mol. The van der Waals surface area contributed by atoms with Crippen molar-refractivity contribution in [2.24, 2.45) is 5.92 Å². The molecule has 2 rings (SSSR count). The van der Waals surface area contributed by atoms with E-state index < -0.39 is 21.7 Å². The van der Waals surface area contributed by atoms with Gasteiger partial charge in [0.15, 0.2) is 11.6 Å². The van der Waals surface area contributed by atoms with Crippen LogP contribution in [0.4, 0.5) is 14.5 Å². The van der Waals surface area contributed by atoms with E-state index in [1.54, 1.807) is 0 Å². The molecule has 0 saturated heterocycles. The molecule has 22 heavy (non-hydrogen) atoms. The van der Waals surface area contributed by atoms with Crippen LogP contribution in [0.3, 0.4) is 0 Å². The van der Waals surface area contributed by atoms with Gasteiger partial charge >= 0.3 is 0 Å². The van der Waals surface area contributed by atoms with Gasteiger partial charge in [0.2, 0.25) is 15.9 Å². The number of carbonyl (C=O) groups excluding carboxylic acids is 1. The number of nitrogens with zero attached hydrogens (tertiary/aromatic N) is 1. The molecule has 1 aliphatic carbocycles. The molecule has 5 nitrogen and oxygen atoms in total. The monoisotopic (exact) mass is 332 g/mol. The number of carbonyl (C=O) groups is 1. The van der Waals surface area contributed by atoms with Gasteiger partial charge in [0, 0.05) is 18.5 Å². The zero-order valence-electron chi connectivity index (χ0n) is 12.2. The van der Waals surface area contributed by atoms with Crippen LogP contribution < -0.4 is 9.62 Å². The SMILES string of the molecule is CS(=O)(=O)N(CCNC(=O)C1CCC1)c1ccc(F)c(F)c1. The summed E-state index contributed by atoms with van der Waals surface area (Å²) in [7, 11) is -3.66. The molecule has 1 saturated carbocycles. The fourth-order valence-electron chi connectivity index (χ4n) is 2.22. The third-order valence-electron chi connectivity index (χ3n) is 3.68. The normalized spacial score (nSPS) is 15.2. The van der Waals surface area contributed by atoms with Crippen LogP contribution in [-0.4, -0.2) is 33.7 Å². The first-order valence-electron chi connectivity index (χ1n) is 6.99. The van der Waals surface area contributed by atoms with E-state index in [-0.39, 0.29) is 30.6 Å². The Morgan fingerprint density at radius 3 is 2.50 bits per heavy atom. The molecule has 0 aromatic heterocycles. The highest BCUT2D eigenvalue weighted by atomic mass is 32.2. The van der Waals surface area contributed by atoms with Crippen molar-refractivity contribution in [3.05, 3.63) is 29.8 Å². The minimum atomic E-state index is -3.66. The van der Waals surface area contributed by atoms with Gasteiger partial charge in [-0.25, -0.2) is 17.2 Å². The Balaban J connectivity index is 2.03. The molecule has 0 bridgehead atoms. The van der Waals surface area contributed by atoms with Gasteiger partial charge in [0.05, 0.1) is 18.5 Å². The Morgan fingerprint density at radius 1 is 1.32 bits per heavy atom. The number of benzene rings is 1. The molecule has 1 amide bonds. The van der Waals surface area contributed by atoms with Crippen molar-refractivity contribution in [1.29, 1.82) is 0 Å². The molecule has 0 heterocycles. The predicted molar refractivity (Wildman–Crippen MR) is 78.9 cm³/mol. The van der Waals surface area contributed by atoms with Crippen molar-refractivity contribution in [2.75, 3.05) is 23.7 Å². The van der Waals surface area contributed by atoms with Gasteiger partial charge in [-0.05, 0) is 25.0 Å². The first kappa shape index (κ1) is 16.7. The van der Waals surface area contributed by atoms with Crippen LogP contribution in [-0.2, 0) is 14.8 Å². The molecule has 1 aliphatic rings. The van der Waals surface area contributed by atoms with Crippen LogP contribution in [0.25, 0.3) is 0 Å². The number of rotatable bonds is 6. The van der Waals surface area contributed by atoms with Gasteiger partial charge < -0.3 is 5.32 Å². The molecule has 1 aromatic carbocycles. The molecule has 1 aromatic rings. The molecule has 0 radical (unpaired) electrons. The number of nitrogens with one attached hydrogen (secondary N) is 1. The lowest BCUT2D eigenvalue weighted by atomic mass is 9.85. The van der Waals surface area contributed by atoms with Crippen molar-refractivity contribution < 1.29 is 22.0 Å². The molecule has 0 aliphatic heterocycles. The number of halogens is 2. The smallest absolute Gasteiger partial charge is 0.232 e. The van der Waals surface area contributed by atoms with E-state index in [1.165, 1.54) is 6.07 Å². The number of hydrogen-bond donors (Lipinski definition) is 1. The summed E-state index contributed by atoms with van der Waals surface area (Å²) < 4.78 is 50.8. The topological polar surface area (TPSA) is 66.5 Å². The molecule has 1 fully saturated rings. The van der Waals surface area contributed by atoms with E-state index >= 15 is 0 Å². The van der Waals surface area contributed by atoms with Crippen LogP contribution in [0.15, 0.2) is 18.2 Å². The fourth-order valence-corrected chi connectivity index (χ4v) is 3.14. The zero-order chi connectivity index (χ0) is 16.3. The molecule has 1 N–H and O–H groups in total. The van der Waals surface area contributed by atoms with Crippen molar-refractivity contribution in [1.82, 2.24) is 5.32 Å². The zero-order valence-corrected chi connectivity index (χ0v) is 13.0. The van der Waals surface area contributed by atoms with Crippen molar-refractivity contribution in [3.63, 3.8) is 0 Å². The summed E-state index contributed by atoms with van der Waals surface area (Å²) in [6, 6.07) is 2.88. The lowest BCUT2D eigenvalue weighted by Gasteiger charge is -2.26. The maximum absolute atomic E-state index is 13.3. The second-order valence-electron chi connectivity index (χ2n) is 5.35. The largest absolute Gasteiger partial charge is 0.354 e. The van der Waals surface area contributed by atoms with Crippen molar-refractivity contribution in [3.8, 4) is 0 Å².